The Morgan fingerprint density at radius 3 is 3.06 bits per heavy atom. The molecule has 2 atom stereocenters. The van der Waals surface area contributed by atoms with Crippen LogP contribution in [0, 0.1) is 5.92 Å². The summed E-state index contributed by atoms with van der Waals surface area (Å²) in [6.45, 7) is 2.23. The van der Waals surface area contributed by atoms with Crippen LogP contribution in [0.15, 0.2) is 18.2 Å². The summed E-state index contributed by atoms with van der Waals surface area (Å²) in [5.41, 5.74) is 8.23. The summed E-state index contributed by atoms with van der Waals surface area (Å²) in [6.07, 6.45) is 1.32. The molecule has 3 nitrogen and oxygen atoms in total. The number of esters is 1. The van der Waals surface area contributed by atoms with Crippen LogP contribution in [-0.2, 0) is 16.0 Å². The summed E-state index contributed by atoms with van der Waals surface area (Å²) in [7, 11) is 0. The van der Waals surface area contributed by atoms with Crippen LogP contribution in [0.1, 0.15) is 30.5 Å². The van der Waals surface area contributed by atoms with E-state index in [0.29, 0.717) is 24.5 Å². The van der Waals surface area contributed by atoms with E-state index in [4.69, 9.17) is 22.1 Å². The lowest BCUT2D eigenvalue weighted by Crippen LogP contribution is -2.30. The standard InChI is InChI=1S/C13H16ClNO2/c1-2-17-13(16)9-5-8-3-4-10(14)7-11(8)12(15)6-9/h3-4,7,9,12H,2,5-6,15H2,1H3/t9-,12+/m0/s1. The van der Waals surface area contributed by atoms with Crippen LogP contribution in [0.3, 0.4) is 0 Å². The third-order valence-corrected chi connectivity index (χ3v) is 3.37. The Balaban J connectivity index is 2.21. The highest BCUT2D eigenvalue weighted by Crippen LogP contribution is 2.33. The third kappa shape index (κ3) is 2.61. The summed E-state index contributed by atoms with van der Waals surface area (Å²) in [6, 6.07) is 5.54. The van der Waals surface area contributed by atoms with Gasteiger partial charge in [0, 0.05) is 11.1 Å². The molecule has 0 aromatic heterocycles. The lowest BCUT2D eigenvalue weighted by atomic mass is 9.81. The Morgan fingerprint density at radius 2 is 2.35 bits per heavy atom. The summed E-state index contributed by atoms with van der Waals surface area (Å²) < 4.78 is 5.05. The van der Waals surface area contributed by atoms with Gasteiger partial charge in [0.1, 0.15) is 0 Å². The summed E-state index contributed by atoms with van der Waals surface area (Å²) in [4.78, 5) is 11.7. The third-order valence-electron chi connectivity index (χ3n) is 3.13. The van der Waals surface area contributed by atoms with Crippen molar-refractivity contribution >= 4 is 17.6 Å². The number of ether oxygens (including phenoxy) is 1. The topological polar surface area (TPSA) is 52.3 Å². The van der Waals surface area contributed by atoms with E-state index in [-0.39, 0.29) is 17.9 Å². The highest BCUT2D eigenvalue weighted by Gasteiger charge is 2.30. The summed E-state index contributed by atoms with van der Waals surface area (Å²) in [5.74, 6) is -0.276. The Bertz CT molecular complexity index is 433. The van der Waals surface area contributed by atoms with Crippen molar-refractivity contribution in [1.29, 1.82) is 0 Å². The van der Waals surface area contributed by atoms with Crippen molar-refractivity contribution in [1.82, 2.24) is 0 Å². The first kappa shape index (κ1) is 12.4. The molecule has 92 valence electrons. The highest BCUT2D eigenvalue weighted by atomic mass is 35.5. The number of carbonyl (C=O) groups excluding carboxylic acids is 1. The fraction of sp³-hybridized carbons (Fsp3) is 0.462. The molecule has 1 aliphatic carbocycles. The largest absolute Gasteiger partial charge is 0.466 e. The van der Waals surface area contributed by atoms with Gasteiger partial charge in [0.25, 0.3) is 0 Å². The molecule has 0 unspecified atom stereocenters. The molecule has 0 spiro atoms. The molecule has 17 heavy (non-hydrogen) atoms. The van der Waals surface area contributed by atoms with Crippen molar-refractivity contribution in [2.24, 2.45) is 11.7 Å². The van der Waals surface area contributed by atoms with E-state index in [9.17, 15) is 4.79 Å². The molecule has 0 fully saturated rings. The van der Waals surface area contributed by atoms with Crippen molar-refractivity contribution in [3.63, 3.8) is 0 Å². The summed E-state index contributed by atoms with van der Waals surface area (Å²) >= 11 is 5.94. The van der Waals surface area contributed by atoms with Crippen LogP contribution < -0.4 is 5.73 Å². The van der Waals surface area contributed by atoms with Crippen molar-refractivity contribution in [2.45, 2.75) is 25.8 Å². The number of hydrogen-bond donors (Lipinski definition) is 1. The van der Waals surface area contributed by atoms with Crippen molar-refractivity contribution in [3.8, 4) is 0 Å². The zero-order chi connectivity index (χ0) is 12.4. The van der Waals surface area contributed by atoms with Gasteiger partial charge in [-0.15, -0.1) is 0 Å². The minimum absolute atomic E-state index is 0.126. The maximum absolute atomic E-state index is 11.7. The van der Waals surface area contributed by atoms with Gasteiger partial charge in [-0.3, -0.25) is 4.79 Å². The average Bonchev–Trinajstić information content (AvgIpc) is 2.30. The van der Waals surface area contributed by atoms with E-state index < -0.39 is 0 Å². The van der Waals surface area contributed by atoms with Gasteiger partial charge in [-0.2, -0.15) is 0 Å². The minimum atomic E-state index is -0.149. The Labute approximate surface area is 106 Å². The first-order valence-electron chi connectivity index (χ1n) is 5.82. The lowest BCUT2D eigenvalue weighted by molar-refractivity contribution is -0.148. The second-order valence-corrected chi connectivity index (χ2v) is 4.77. The van der Waals surface area contributed by atoms with Crippen LogP contribution in [0.2, 0.25) is 5.02 Å². The van der Waals surface area contributed by atoms with Crippen molar-refractivity contribution < 1.29 is 9.53 Å². The maximum Gasteiger partial charge on any atom is 0.309 e. The van der Waals surface area contributed by atoms with E-state index in [1.165, 1.54) is 0 Å². The van der Waals surface area contributed by atoms with Crippen molar-refractivity contribution in [3.05, 3.63) is 34.3 Å². The first-order valence-corrected chi connectivity index (χ1v) is 6.20. The second kappa shape index (κ2) is 5.07. The van der Waals surface area contributed by atoms with E-state index >= 15 is 0 Å². The van der Waals surface area contributed by atoms with Gasteiger partial charge in [-0.05, 0) is 43.0 Å². The van der Waals surface area contributed by atoms with Crippen LogP contribution >= 0.6 is 11.6 Å². The predicted octanol–water partition coefficient (Wildman–Crippen LogP) is 2.47. The van der Waals surface area contributed by atoms with Crippen LogP contribution in [-0.4, -0.2) is 12.6 Å². The Morgan fingerprint density at radius 1 is 1.59 bits per heavy atom. The van der Waals surface area contributed by atoms with Crippen LogP contribution in [0.25, 0.3) is 0 Å². The van der Waals surface area contributed by atoms with Gasteiger partial charge in [0.15, 0.2) is 0 Å². The molecule has 1 aromatic carbocycles. The van der Waals surface area contributed by atoms with Gasteiger partial charge in [-0.25, -0.2) is 0 Å². The number of hydrogen-bond acceptors (Lipinski definition) is 3. The molecule has 2 rings (SSSR count). The van der Waals surface area contributed by atoms with Crippen LogP contribution in [0.4, 0.5) is 0 Å². The van der Waals surface area contributed by atoms with E-state index in [2.05, 4.69) is 0 Å². The maximum atomic E-state index is 11.7. The Hall–Kier alpha value is -1.06. The van der Waals surface area contributed by atoms with Gasteiger partial charge in [-0.1, -0.05) is 17.7 Å². The minimum Gasteiger partial charge on any atom is -0.466 e. The predicted molar refractivity (Wildman–Crippen MR) is 66.8 cm³/mol. The number of benzene rings is 1. The molecule has 1 aromatic rings. The van der Waals surface area contributed by atoms with Gasteiger partial charge >= 0.3 is 5.97 Å². The molecule has 0 radical (unpaired) electrons. The van der Waals surface area contributed by atoms with E-state index in [0.717, 1.165) is 11.1 Å². The smallest absolute Gasteiger partial charge is 0.309 e. The molecule has 0 saturated carbocycles. The zero-order valence-corrected chi connectivity index (χ0v) is 10.5. The van der Waals surface area contributed by atoms with Gasteiger partial charge < -0.3 is 10.5 Å². The van der Waals surface area contributed by atoms with Gasteiger partial charge in [0.05, 0.1) is 12.5 Å². The fourth-order valence-electron chi connectivity index (χ4n) is 2.32. The molecule has 0 bridgehead atoms. The second-order valence-electron chi connectivity index (χ2n) is 4.34. The monoisotopic (exact) mass is 253 g/mol. The zero-order valence-electron chi connectivity index (χ0n) is 9.78. The average molecular weight is 254 g/mol. The molecule has 0 heterocycles. The summed E-state index contributed by atoms with van der Waals surface area (Å²) in [5, 5.41) is 0.689. The number of fused-ring (bicyclic) bond motifs is 1. The normalized spacial score (nSPS) is 23.0. The number of nitrogens with two attached hydrogens (primary N) is 1. The van der Waals surface area contributed by atoms with Gasteiger partial charge in [0.2, 0.25) is 0 Å². The molecule has 0 aliphatic heterocycles. The van der Waals surface area contributed by atoms with Crippen molar-refractivity contribution in [2.75, 3.05) is 6.61 Å². The van der Waals surface area contributed by atoms with E-state index in [1.807, 2.05) is 25.1 Å². The highest BCUT2D eigenvalue weighted by molar-refractivity contribution is 6.30. The quantitative estimate of drug-likeness (QED) is 0.824. The van der Waals surface area contributed by atoms with Crippen LogP contribution in [0.5, 0.6) is 0 Å². The van der Waals surface area contributed by atoms with E-state index in [1.54, 1.807) is 0 Å². The molecule has 2 N–H and O–H groups in total. The Kier molecular flexibility index (Phi) is 3.69. The number of carbonyl (C=O) groups is 1. The lowest BCUT2D eigenvalue weighted by Gasteiger charge is -2.28. The molecule has 1 aliphatic rings. The molecule has 0 amide bonds. The fourth-order valence-corrected chi connectivity index (χ4v) is 2.50. The number of halogens is 1. The molecule has 4 heteroatoms. The molecular weight excluding hydrogens is 238 g/mol. The first-order chi connectivity index (χ1) is 8.11. The SMILES string of the molecule is CCOC(=O)[C@H]1Cc2ccc(Cl)cc2[C@H](N)C1. The molecule has 0 saturated heterocycles. The molecular formula is C13H16ClNO2. The number of rotatable bonds is 2.